The molecule has 0 bridgehead atoms. The lowest BCUT2D eigenvalue weighted by molar-refractivity contribution is -0.153. The summed E-state index contributed by atoms with van der Waals surface area (Å²) < 4.78 is 6.78. The van der Waals surface area contributed by atoms with Crippen molar-refractivity contribution in [3.8, 4) is 0 Å². The second-order valence-corrected chi connectivity index (χ2v) is 12.0. The van der Waals surface area contributed by atoms with Crippen LogP contribution in [0.2, 0.25) is 0 Å². The Morgan fingerprint density at radius 2 is 1.77 bits per heavy atom. The minimum absolute atomic E-state index is 0.0921. The zero-order valence-corrected chi connectivity index (χ0v) is 23.4. The van der Waals surface area contributed by atoms with E-state index in [2.05, 4.69) is 0 Å². The van der Waals surface area contributed by atoms with Gasteiger partial charge < -0.3 is 24.5 Å². The van der Waals surface area contributed by atoms with Crippen molar-refractivity contribution in [3.63, 3.8) is 0 Å². The van der Waals surface area contributed by atoms with Crippen molar-refractivity contribution in [2.75, 3.05) is 26.2 Å². The number of hydrogen-bond acceptors (Lipinski definition) is 5. The molecule has 40 heavy (non-hydrogen) atoms. The monoisotopic (exact) mass is 547 g/mol. The molecule has 214 valence electrons. The molecule has 4 heterocycles. The standard InChI is InChI=1S/C32H41N3O5/c1-2-17-33-18-9-15-25-26(29(33)37)27-30(38)35(24(21-36)20-22-11-5-3-6-12-22)28-31(39)34(23-13-7-4-8-14-23)19-10-16-32(27,28)40-25/h3,5-6,9-12,15-16,23-28,36H,2,4,7-8,13-14,17-21H2,1H3/t24-,25-,26+,27+,28?,32+/m1/s1. The molecule has 3 amide bonds. The Bertz CT molecular complexity index is 1180. The quantitative estimate of drug-likeness (QED) is 0.531. The molecule has 1 saturated carbocycles. The number of carbonyl (C=O) groups is 3. The van der Waals surface area contributed by atoms with Gasteiger partial charge >= 0.3 is 0 Å². The summed E-state index contributed by atoms with van der Waals surface area (Å²) in [6.07, 6.45) is 13.6. The molecule has 0 aromatic heterocycles. The first-order valence-corrected chi connectivity index (χ1v) is 15.1. The molecular weight excluding hydrogens is 506 g/mol. The lowest BCUT2D eigenvalue weighted by Crippen LogP contribution is -2.60. The first kappa shape index (κ1) is 27.2. The summed E-state index contributed by atoms with van der Waals surface area (Å²) in [6, 6.07) is 8.31. The van der Waals surface area contributed by atoms with Gasteiger partial charge in [-0.05, 0) is 31.2 Å². The van der Waals surface area contributed by atoms with Crippen LogP contribution in [0.3, 0.4) is 0 Å². The van der Waals surface area contributed by atoms with Crippen LogP contribution < -0.4 is 0 Å². The Morgan fingerprint density at radius 3 is 2.50 bits per heavy atom. The molecule has 1 N–H and O–H groups in total. The number of amides is 3. The average molecular weight is 548 g/mol. The van der Waals surface area contributed by atoms with Crippen molar-refractivity contribution in [2.24, 2.45) is 11.8 Å². The van der Waals surface area contributed by atoms with Crippen molar-refractivity contribution in [1.82, 2.24) is 14.7 Å². The normalized spacial score (nSPS) is 33.0. The van der Waals surface area contributed by atoms with Crippen LogP contribution in [0.1, 0.15) is 51.0 Å². The van der Waals surface area contributed by atoms with E-state index in [1.165, 1.54) is 6.42 Å². The number of hydrogen-bond donors (Lipinski definition) is 1. The van der Waals surface area contributed by atoms with Gasteiger partial charge in [0.05, 0.1) is 30.6 Å². The third kappa shape index (κ3) is 4.40. The van der Waals surface area contributed by atoms with Gasteiger partial charge in [-0.3, -0.25) is 14.4 Å². The van der Waals surface area contributed by atoms with Gasteiger partial charge in [-0.2, -0.15) is 0 Å². The topological polar surface area (TPSA) is 90.4 Å². The molecule has 1 aliphatic carbocycles. The molecule has 1 aromatic carbocycles. The Balaban J connectivity index is 1.44. The average Bonchev–Trinajstić information content (AvgIpc) is 3.30. The Morgan fingerprint density at radius 1 is 1.00 bits per heavy atom. The number of nitrogens with zero attached hydrogens (tertiary/aromatic N) is 3. The summed E-state index contributed by atoms with van der Waals surface area (Å²) in [5.74, 6) is -2.02. The third-order valence-corrected chi connectivity index (χ3v) is 9.64. The lowest BCUT2D eigenvalue weighted by atomic mass is 9.77. The van der Waals surface area contributed by atoms with E-state index in [9.17, 15) is 19.5 Å². The smallest absolute Gasteiger partial charge is 0.249 e. The van der Waals surface area contributed by atoms with E-state index >= 15 is 0 Å². The molecule has 8 nitrogen and oxygen atoms in total. The van der Waals surface area contributed by atoms with Gasteiger partial charge in [0.1, 0.15) is 11.6 Å². The van der Waals surface area contributed by atoms with Crippen molar-refractivity contribution in [1.29, 1.82) is 0 Å². The number of aliphatic hydroxyl groups is 1. The van der Waals surface area contributed by atoms with E-state index < -0.39 is 35.6 Å². The third-order valence-electron chi connectivity index (χ3n) is 9.64. The number of rotatable bonds is 7. The lowest BCUT2D eigenvalue weighted by Gasteiger charge is -2.41. The first-order chi connectivity index (χ1) is 19.5. The number of benzene rings is 1. The number of carbonyl (C=O) groups excluding carboxylic acids is 3. The van der Waals surface area contributed by atoms with Crippen LogP contribution in [-0.2, 0) is 25.5 Å². The Labute approximate surface area is 236 Å². The summed E-state index contributed by atoms with van der Waals surface area (Å²) in [6.45, 7) is 3.30. The predicted molar refractivity (Wildman–Crippen MR) is 150 cm³/mol. The van der Waals surface area contributed by atoms with Crippen molar-refractivity contribution in [3.05, 3.63) is 60.2 Å². The highest BCUT2D eigenvalue weighted by Gasteiger charge is 2.72. The maximum absolute atomic E-state index is 14.6. The van der Waals surface area contributed by atoms with E-state index in [0.717, 1.165) is 37.7 Å². The van der Waals surface area contributed by atoms with Crippen LogP contribution >= 0.6 is 0 Å². The van der Waals surface area contributed by atoms with E-state index in [0.29, 0.717) is 26.1 Å². The molecular formula is C32H41N3O5. The maximum atomic E-state index is 14.6. The van der Waals surface area contributed by atoms with Gasteiger partial charge in [-0.15, -0.1) is 0 Å². The zero-order chi connectivity index (χ0) is 27.9. The molecule has 1 spiro atoms. The molecule has 8 heteroatoms. The predicted octanol–water partition coefficient (Wildman–Crippen LogP) is 2.71. The molecule has 4 aliphatic heterocycles. The number of ether oxygens (including phenoxy) is 1. The van der Waals surface area contributed by atoms with Gasteiger partial charge in [0.25, 0.3) is 0 Å². The minimum Gasteiger partial charge on any atom is -0.394 e. The van der Waals surface area contributed by atoms with Crippen molar-refractivity contribution < 1.29 is 24.2 Å². The van der Waals surface area contributed by atoms with Gasteiger partial charge in [0.2, 0.25) is 17.7 Å². The summed E-state index contributed by atoms with van der Waals surface area (Å²) in [4.78, 5) is 48.5. The summed E-state index contributed by atoms with van der Waals surface area (Å²) in [5, 5.41) is 10.7. The van der Waals surface area contributed by atoms with Crippen LogP contribution in [-0.4, -0.2) is 93.6 Å². The highest BCUT2D eigenvalue weighted by Crippen LogP contribution is 2.54. The highest BCUT2D eigenvalue weighted by molar-refractivity contribution is 6.00. The zero-order valence-electron chi connectivity index (χ0n) is 23.4. The Hall–Kier alpha value is -2.97. The fourth-order valence-electron chi connectivity index (χ4n) is 7.87. The fraction of sp³-hybridized carbons (Fsp3) is 0.594. The highest BCUT2D eigenvalue weighted by atomic mass is 16.5. The van der Waals surface area contributed by atoms with Crippen molar-refractivity contribution in [2.45, 2.75) is 81.7 Å². The molecule has 3 fully saturated rings. The fourth-order valence-corrected chi connectivity index (χ4v) is 7.87. The van der Waals surface area contributed by atoms with E-state index in [1.807, 2.05) is 66.5 Å². The van der Waals surface area contributed by atoms with Crippen LogP contribution in [0, 0.1) is 11.8 Å². The second kappa shape index (κ2) is 11.1. The van der Waals surface area contributed by atoms with E-state index in [4.69, 9.17) is 4.74 Å². The van der Waals surface area contributed by atoms with Gasteiger partial charge in [0.15, 0.2) is 0 Å². The van der Waals surface area contributed by atoms with Gasteiger partial charge in [-0.25, -0.2) is 0 Å². The van der Waals surface area contributed by atoms with Crippen LogP contribution in [0.5, 0.6) is 0 Å². The molecule has 6 rings (SSSR count). The SMILES string of the molecule is CCCN1CC=C[C@H]2O[C@]34C=CCN(C5CCCCC5)C(=O)C3N([C@@H](CO)Cc3ccccc3)C(=O)[C@@H]4[C@H]2C1=O. The van der Waals surface area contributed by atoms with Gasteiger partial charge in [-0.1, -0.05) is 80.8 Å². The van der Waals surface area contributed by atoms with Crippen molar-refractivity contribution >= 4 is 17.7 Å². The largest absolute Gasteiger partial charge is 0.394 e. The molecule has 5 aliphatic rings. The van der Waals surface area contributed by atoms with Crippen LogP contribution in [0.4, 0.5) is 0 Å². The molecule has 1 aromatic rings. The van der Waals surface area contributed by atoms with E-state index in [1.54, 1.807) is 9.80 Å². The van der Waals surface area contributed by atoms with Crippen LogP contribution in [0.25, 0.3) is 0 Å². The first-order valence-electron chi connectivity index (χ1n) is 15.1. The van der Waals surface area contributed by atoms with E-state index in [-0.39, 0.29) is 30.4 Å². The second-order valence-electron chi connectivity index (χ2n) is 12.0. The summed E-state index contributed by atoms with van der Waals surface area (Å²) in [7, 11) is 0. The molecule has 0 radical (unpaired) electrons. The molecule has 6 atom stereocenters. The minimum atomic E-state index is -1.26. The number of aliphatic hydroxyl groups excluding tert-OH is 1. The summed E-state index contributed by atoms with van der Waals surface area (Å²) >= 11 is 0. The van der Waals surface area contributed by atoms with Crippen LogP contribution in [0.15, 0.2) is 54.6 Å². The Kier molecular flexibility index (Phi) is 7.57. The summed E-state index contributed by atoms with van der Waals surface area (Å²) in [5.41, 5.74) is -0.283. The maximum Gasteiger partial charge on any atom is 0.249 e. The van der Waals surface area contributed by atoms with Gasteiger partial charge in [0, 0.05) is 25.7 Å². The number of likely N-dealkylation sites (tertiary alicyclic amines) is 1. The molecule has 2 saturated heterocycles. The number of fused-ring (bicyclic) bond motifs is 2. The molecule has 1 unspecified atom stereocenters.